The Labute approximate surface area is 105 Å². The number of hydrogen-bond acceptors (Lipinski definition) is 0. The van der Waals surface area contributed by atoms with Gasteiger partial charge >= 0.3 is 0 Å². The van der Waals surface area contributed by atoms with Crippen LogP contribution in [0.25, 0.3) is 0 Å². The summed E-state index contributed by atoms with van der Waals surface area (Å²) >= 11 is 0. The van der Waals surface area contributed by atoms with Gasteiger partial charge < -0.3 is 0 Å². The molecule has 3 unspecified atom stereocenters. The standard InChI is InChI=1S/C17H22/c1-12-6-4-3-5-7-15(10-12)17(14-8-9-14)16-11-13(16)2/h4-5,7,10,13-14,16-17H,6,8-9,11H2,1-2H3. The van der Waals surface area contributed by atoms with Gasteiger partial charge in [-0.05, 0) is 74.0 Å². The van der Waals surface area contributed by atoms with Gasteiger partial charge in [-0.15, -0.1) is 5.73 Å². The number of hydrogen-bond donors (Lipinski definition) is 0. The first-order valence-electron chi connectivity index (χ1n) is 7.04. The van der Waals surface area contributed by atoms with Crippen molar-refractivity contribution in [3.8, 4) is 0 Å². The van der Waals surface area contributed by atoms with Gasteiger partial charge in [0, 0.05) is 0 Å². The minimum Gasteiger partial charge on any atom is -0.125 e. The molecule has 3 rings (SSSR count). The molecule has 3 atom stereocenters. The van der Waals surface area contributed by atoms with Crippen LogP contribution in [0.1, 0.15) is 39.5 Å². The lowest BCUT2D eigenvalue weighted by Crippen LogP contribution is -2.10. The lowest BCUT2D eigenvalue weighted by atomic mass is 9.86. The van der Waals surface area contributed by atoms with Crippen LogP contribution in [0.5, 0.6) is 0 Å². The van der Waals surface area contributed by atoms with Gasteiger partial charge in [0.05, 0.1) is 0 Å². The quantitative estimate of drug-likeness (QED) is 0.614. The van der Waals surface area contributed by atoms with E-state index >= 15 is 0 Å². The number of rotatable bonds is 3. The van der Waals surface area contributed by atoms with Gasteiger partial charge in [0.25, 0.3) is 0 Å². The predicted octanol–water partition coefficient (Wildman–Crippen LogP) is 4.66. The Hall–Kier alpha value is -1.00. The van der Waals surface area contributed by atoms with E-state index in [1.54, 1.807) is 5.57 Å². The highest BCUT2D eigenvalue weighted by Gasteiger charge is 2.47. The minimum atomic E-state index is 0.844. The monoisotopic (exact) mass is 226 g/mol. The van der Waals surface area contributed by atoms with Crippen molar-refractivity contribution in [3.63, 3.8) is 0 Å². The molecule has 2 fully saturated rings. The molecule has 0 saturated heterocycles. The highest BCUT2D eigenvalue weighted by Crippen LogP contribution is 2.55. The lowest BCUT2D eigenvalue weighted by molar-refractivity contribution is 0.460. The maximum absolute atomic E-state index is 3.27. The number of allylic oxidation sites excluding steroid dienone is 5. The van der Waals surface area contributed by atoms with Crippen LogP contribution in [0.4, 0.5) is 0 Å². The summed E-state index contributed by atoms with van der Waals surface area (Å²) in [7, 11) is 0. The SMILES string of the molecule is CC1=CC(C(C2CC2)C2CC2C)=CC=C=CC1. The van der Waals surface area contributed by atoms with E-state index in [1.807, 2.05) is 0 Å². The lowest BCUT2D eigenvalue weighted by Gasteiger charge is -2.19. The fraction of sp³-hybridized carbons (Fsp3) is 0.588. The van der Waals surface area contributed by atoms with Gasteiger partial charge in [0.15, 0.2) is 0 Å². The Morgan fingerprint density at radius 1 is 1.35 bits per heavy atom. The third kappa shape index (κ3) is 2.48. The molecule has 17 heavy (non-hydrogen) atoms. The second kappa shape index (κ2) is 4.35. The van der Waals surface area contributed by atoms with Crippen molar-refractivity contribution in [1.82, 2.24) is 0 Å². The molecule has 0 aromatic carbocycles. The summed E-state index contributed by atoms with van der Waals surface area (Å²) in [6.07, 6.45) is 14.4. The summed E-state index contributed by atoms with van der Waals surface area (Å²) < 4.78 is 0. The maximum atomic E-state index is 3.27. The molecule has 90 valence electrons. The Morgan fingerprint density at radius 3 is 2.76 bits per heavy atom. The van der Waals surface area contributed by atoms with E-state index in [2.05, 4.69) is 43.9 Å². The first kappa shape index (κ1) is 11.1. The zero-order valence-corrected chi connectivity index (χ0v) is 10.9. The largest absolute Gasteiger partial charge is 0.125 e. The predicted molar refractivity (Wildman–Crippen MR) is 72.6 cm³/mol. The van der Waals surface area contributed by atoms with Crippen molar-refractivity contribution < 1.29 is 0 Å². The fourth-order valence-electron chi connectivity index (χ4n) is 3.21. The highest BCUT2D eigenvalue weighted by molar-refractivity contribution is 5.34. The van der Waals surface area contributed by atoms with Crippen LogP contribution in [-0.4, -0.2) is 0 Å². The molecule has 0 aromatic heterocycles. The van der Waals surface area contributed by atoms with Crippen LogP contribution in [-0.2, 0) is 0 Å². The molecule has 0 spiro atoms. The van der Waals surface area contributed by atoms with E-state index in [0.29, 0.717) is 0 Å². The van der Waals surface area contributed by atoms with Crippen molar-refractivity contribution in [2.75, 3.05) is 0 Å². The van der Waals surface area contributed by atoms with E-state index in [-0.39, 0.29) is 0 Å². The Balaban J connectivity index is 1.88. The van der Waals surface area contributed by atoms with Gasteiger partial charge in [-0.1, -0.05) is 24.6 Å². The van der Waals surface area contributed by atoms with E-state index in [1.165, 1.54) is 24.8 Å². The minimum absolute atomic E-state index is 0.844. The maximum Gasteiger partial charge on any atom is -0.00621 e. The van der Waals surface area contributed by atoms with E-state index in [4.69, 9.17) is 0 Å². The topological polar surface area (TPSA) is 0 Å². The molecule has 0 bridgehead atoms. The molecule has 2 saturated carbocycles. The highest BCUT2D eigenvalue weighted by atomic mass is 14.5. The first-order chi connectivity index (χ1) is 8.25. The average Bonchev–Trinajstić information content (AvgIpc) is 3.14. The van der Waals surface area contributed by atoms with Gasteiger partial charge in [0.2, 0.25) is 0 Å². The van der Waals surface area contributed by atoms with Gasteiger partial charge in [-0.3, -0.25) is 0 Å². The second-order valence-electron chi connectivity index (χ2n) is 6.14. The molecule has 3 aliphatic carbocycles. The van der Waals surface area contributed by atoms with Crippen molar-refractivity contribution in [2.45, 2.75) is 39.5 Å². The summed E-state index contributed by atoms with van der Waals surface area (Å²) in [6.45, 7) is 4.66. The van der Waals surface area contributed by atoms with E-state index < -0.39 is 0 Å². The smallest absolute Gasteiger partial charge is 0.00621 e. The molecule has 0 heteroatoms. The normalized spacial score (nSPS) is 33.5. The van der Waals surface area contributed by atoms with Crippen LogP contribution in [0, 0.1) is 23.7 Å². The Bertz CT molecular complexity index is 425. The molecule has 0 aromatic rings. The van der Waals surface area contributed by atoms with Crippen molar-refractivity contribution >= 4 is 0 Å². The second-order valence-corrected chi connectivity index (χ2v) is 6.14. The molecular weight excluding hydrogens is 204 g/mol. The van der Waals surface area contributed by atoms with Gasteiger partial charge in [-0.2, -0.15) is 0 Å². The summed E-state index contributed by atoms with van der Waals surface area (Å²) in [6, 6.07) is 0. The van der Waals surface area contributed by atoms with E-state index in [9.17, 15) is 0 Å². The van der Waals surface area contributed by atoms with Crippen LogP contribution in [0.15, 0.2) is 41.2 Å². The summed E-state index contributed by atoms with van der Waals surface area (Å²) in [4.78, 5) is 0. The molecule has 0 N–H and O–H groups in total. The third-order valence-electron chi connectivity index (χ3n) is 4.47. The zero-order chi connectivity index (χ0) is 11.8. The molecule has 3 aliphatic rings. The summed E-state index contributed by atoms with van der Waals surface area (Å²) in [5, 5.41) is 0. The molecule has 0 nitrogen and oxygen atoms in total. The summed E-state index contributed by atoms with van der Waals surface area (Å²) in [5.41, 5.74) is 6.33. The zero-order valence-electron chi connectivity index (χ0n) is 10.9. The average molecular weight is 226 g/mol. The van der Waals surface area contributed by atoms with Crippen LogP contribution >= 0.6 is 0 Å². The molecule has 0 aliphatic heterocycles. The Morgan fingerprint density at radius 2 is 2.12 bits per heavy atom. The Kier molecular flexibility index (Phi) is 2.84. The third-order valence-corrected chi connectivity index (χ3v) is 4.47. The molecule has 0 heterocycles. The molecular formula is C17H22. The van der Waals surface area contributed by atoms with Crippen molar-refractivity contribution in [1.29, 1.82) is 0 Å². The van der Waals surface area contributed by atoms with Crippen molar-refractivity contribution in [2.24, 2.45) is 23.7 Å². The van der Waals surface area contributed by atoms with Crippen LogP contribution < -0.4 is 0 Å². The molecule has 0 amide bonds. The van der Waals surface area contributed by atoms with Crippen molar-refractivity contribution in [3.05, 3.63) is 41.2 Å². The fourth-order valence-corrected chi connectivity index (χ4v) is 3.21. The summed E-state index contributed by atoms with van der Waals surface area (Å²) in [5.74, 6) is 3.75. The van der Waals surface area contributed by atoms with Gasteiger partial charge in [-0.25, -0.2) is 0 Å². The van der Waals surface area contributed by atoms with Gasteiger partial charge in [0.1, 0.15) is 0 Å². The first-order valence-corrected chi connectivity index (χ1v) is 7.04. The van der Waals surface area contributed by atoms with E-state index in [0.717, 1.165) is 30.1 Å². The molecule has 0 radical (unpaired) electrons. The van der Waals surface area contributed by atoms with Crippen LogP contribution in [0.3, 0.4) is 0 Å². The van der Waals surface area contributed by atoms with Crippen LogP contribution in [0.2, 0.25) is 0 Å².